The summed E-state index contributed by atoms with van der Waals surface area (Å²) in [6.07, 6.45) is 1.18. The molecule has 0 bridgehead atoms. The number of benzene rings is 1. The molecule has 5 nitrogen and oxygen atoms in total. The highest BCUT2D eigenvalue weighted by Gasteiger charge is 2.23. The number of nitrogens with zero attached hydrogens (tertiary/aromatic N) is 2. The molecule has 70 valence electrons. The number of aliphatic imine (C=N–C) groups is 1. The molecule has 0 N–H and O–H groups in total. The molecule has 0 radical (unpaired) electrons. The van der Waals surface area contributed by atoms with Gasteiger partial charge >= 0.3 is 5.69 Å². The number of fused-ring (bicyclic) bond motifs is 1. The van der Waals surface area contributed by atoms with Crippen LogP contribution < -0.4 is 0 Å². The molecule has 1 aliphatic heterocycles. The van der Waals surface area contributed by atoms with Crippen molar-refractivity contribution in [1.29, 1.82) is 0 Å². The molecule has 0 unspecified atom stereocenters. The second kappa shape index (κ2) is 2.69. The van der Waals surface area contributed by atoms with Crippen LogP contribution in [0.4, 0.5) is 10.1 Å². The lowest BCUT2D eigenvalue weighted by Crippen LogP contribution is -1.98. The molecule has 0 atom stereocenters. The SMILES string of the molecule is O=C1N=Cc2cc(F)c([N+](=O)[O-])cc21. The standard InChI is InChI=1S/C8H3FN2O3/c9-6-1-4-3-10-8(12)5(4)2-7(6)11(13)14/h1-3H. The largest absolute Gasteiger partial charge is 0.305 e. The molecule has 2 rings (SSSR count). The van der Waals surface area contributed by atoms with E-state index in [1.807, 2.05) is 0 Å². The fourth-order valence-electron chi connectivity index (χ4n) is 1.21. The first-order valence-corrected chi connectivity index (χ1v) is 3.66. The van der Waals surface area contributed by atoms with Gasteiger partial charge in [0.25, 0.3) is 5.91 Å². The molecule has 14 heavy (non-hydrogen) atoms. The second-order valence-corrected chi connectivity index (χ2v) is 2.71. The molecule has 0 saturated heterocycles. The fourth-order valence-corrected chi connectivity index (χ4v) is 1.21. The summed E-state index contributed by atoms with van der Waals surface area (Å²) in [6.45, 7) is 0. The van der Waals surface area contributed by atoms with Gasteiger partial charge in [-0.2, -0.15) is 4.39 Å². The minimum absolute atomic E-state index is 0.0677. The van der Waals surface area contributed by atoms with Crippen molar-refractivity contribution in [3.8, 4) is 0 Å². The van der Waals surface area contributed by atoms with Crippen LogP contribution in [0, 0.1) is 15.9 Å². The Kier molecular flexibility index (Phi) is 1.63. The summed E-state index contributed by atoms with van der Waals surface area (Å²) in [5.41, 5.74) is -0.362. The third-order valence-corrected chi connectivity index (χ3v) is 1.87. The van der Waals surface area contributed by atoms with Gasteiger partial charge in [0, 0.05) is 17.8 Å². The summed E-state index contributed by atoms with van der Waals surface area (Å²) in [5.74, 6) is -1.54. The third-order valence-electron chi connectivity index (χ3n) is 1.87. The van der Waals surface area contributed by atoms with Crippen LogP contribution in [-0.2, 0) is 0 Å². The van der Waals surface area contributed by atoms with Gasteiger partial charge in [-0.1, -0.05) is 0 Å². The van der Waals surface area contributed by atoms with Crippen molar-refractivity contribution in [1.82, 2.24) is 0 Å². The molecular weight excluding hydrogens is 191 g/mol. The molecule has 0 fully saturated rings. The average Bonchev–Trinajstić information content (AvgIpc) is 2.46. The number of carbonyl (C=O) groups excluding carboxylic acids is 1. The topological polar surface area (TPSA) is 72.6 Å². The van der Waals surface area contributed by atoms with E-state index in [-0.39, 0.29) is 11.1 Å². The van der Waals surface area contributed by atoms with Crippen molar-refractivity contribution in [3.63, 3.8) is 0 Å². The van der Waals surface area contributed by atoms with Crippen LogP contribution in [0.2, 0.25) is 0 Å². The number of amides is 1. The number of rotatable bonds is 1. The van der Waals surface area contributed by atoms with Crippen molar-refractivity contribution in [2.75, 3.05) is 0 Å². The molecule has 1 aliphatic rings. The first-order valence-electron chi connectivity index (χ1n) is 3.66. The zero-order valence-corrected chi connectivity index (χ0v) is 6.73. The van der Waals surface area contributed by atoms with Gasteiger partial charge in [0.05, 0.1) is 10.5 Å². The Hall–Kier alpha value is -2.11. The van der Waals surface area contributed by atoms with E-state index >= 15 is 0 Å². The number of hydrogen-bond acceptors (Lipinski definition) is 3. The van der Waals surface area contributed by atoms with E-state index in [1.54, 1.807) is 0 Å². The van der Waals surface area contributed by atoms with E-state index in [4.69, 9.17) is 0 Å². The van der Waals surface area contributed by atoms with E-state index in [1.165, 1.54) is 6.21 Å². The van der Waals surface area contributed by atoms with Crippen LogP contribution in [0.1, 0.15) is 15.9 Å². The van der Waals surface area contributed by atoms with Crippen molar-refractivity contribution in [2.24, 2.45) is 4.99 Å². The van der Waals surface area contributed by atoms with Crippen molar-refractivity contribution in [2.45, 2.75) is 0 Å². The minimum Gasteiger partial charge on any atom is -0.267 e. The van der Waals surface area contributed by atoms with Gasteiger partial charge < -0.3 is 0 Å². The Morgan fingerprint density at radius 2 is 2.14 bits per heavy atom. The predicted molar refractivity (Wildman–Crippen MR) is 45.0 cm³/mol. The van der Waals surface area contributed by atoms with Gasteiger partial charge in [0.1, 0.15) is 0 Å². The van der Waals surface area contributed by atoms with Crippen molar-refractivity contribution in [3.05, 3.63) is 39.2 Å². The van der Waals surface area contributed by atoms with Crippen LogP contribution in [-0.4, -0.2) is 17.0 Å². The number of nitro benzene ring substituents is 1. The minimum atomic E-state index is -0.963. The summed E-state index contributed by atoms with van der Waals surface area (Å²) < 4.78 is 13.0. The molecule has 0 saturated carbocycles. The first kappa shape index (κ1) is 8.49. The number of halogens is 1. The average molecular weight is 194 g/mol. The molecular formula is C8H3FN2O3. The van der Waals surface area contributed by atoms with Crippen molar-refractivity contribution < 1.29 is 14.1 Å². The van der Waals surface area contributed by atoms with Crippen LogP contribution in [0.15, 0.2) is 17.1 Å². The second-order valence-electron chi connectivity index (χ2n) is 2.71. The van der Waals surface area contributed by atoms with Crippen LogP contribution >= 0.6 is 0 Å². The Bertz CT molecular complexity index is 481. The normalized spacial score (nSPS) is 13.1. The quantitative estimate of drug-likeness (QED) is 0.499. The maximum Gasteiger partial charge on any atom is 0.305 e. The molecule has 1 aromatic carbocycles. The smallest absolute Gasteiger partial charge is 0.267 e. The summed E-state index contributed by atoms with van der Waals surface area (Å²) in [7, 11) is 0. The number of carbonyl (C=O) groups is 1. The number of nitro groups is 1. The highest BCUT2D eigenvalue weighted by Crippen LogP contribution is 2.24. The van der Waals surface area contributed by atoms with Crippen LogP contribution in [0.25, 0.3) is 0 Å². The van der Waals surface area contributed by atoms with Crippen molar-refractivity contribution >= 4 is 17.8 Å². The Morgan fingerprint density at radius 1 is 1.43 bits per heavy atom. The van der Waals surface area contributed by atoms with E-state index in [0.29, 0.717) is 0 Å². The first-order chi connectivity index (χ1) is 6.59. The van der Waals surface area contributed by atoms with Gasteiger partial charge in [-0.3, -0.25) is 14.9 Å². The van der Waals surface area contributed by atoms with E-state index in [2.05, 4.69) is 4.99 Å². The van der Waals surface area contributed by atoms with Gasteiger partial charge in [0.15, 0.2) is 0 Å². The van der Waals surface area contributed by atoms with E-state index in [0.717, 1.165) is 12.1 Å². The van der Waals surface area contributed by atoms with Crippen LogP contribution in [0.3, 0.4) is 0 Å². The molecule has 6 heteroatoms. The predicted octanol–water partition coefficient (Wildman–Crippen LogP) is 1.31. The Morgan fingerprint density at radius 3 is 2.79 bits per heavy atom. The zero-order chi connectivity index (χ0) is 10.3. The molecule has 1 amide bonds. The molecule has 1 aromatic rings. The lowest BCUT2D eigenvalue weighted by atomic mass is 10.1. The van der Waals surface area contributed by atoms with E-state index in [9.17, 15) is 19.3 Å². The Balaban J connectivity index is 2.66. The van der Waals surface area contributed by atoms with Gasteiger partial charge in [0.2, 0.25) is 5.82 Å². The maximum absolute atomic E-state index is 13.0. The highest BCUT2D eigenvalue weighted by atomic mass is 19.1. The van der Waals surface area contributed by atoms with E-state index < -0.39 is 22.3 Å². The molecule has 0 aliphatic carbocycles. The lowest BCUT2D eigenvalue weighted by Gasteiger charge is -1.97. The van der Waals surface area contributed by atoms with Gasteiger partial charge in [-0.05, 0) is 6.07 Å². The van der Waals surface area contributed by atoms with Gasteiger partial charge in [-0.15, -0.1) is 0 Å². The summed E-state index contributed by atoms with van der Waals surface area (Å²) >= 11 is 0. The number of hydrogen-bond donors (Lipinski definition) is 0. The monoisotopic (exact) mass is 194 g/mol. The van der Waals surface area contributed by atoms with Crippen LogP contribution in [0.5, 0.6) is 0 Å². The fraction of sp³-hybridized carbons (Fsp3) is 0. The molecule has 1 heterocycles. The molecule has 0 aromatic heterocycles. The molecule has 0 spiro atoms. The Labute approximate surface area is 77.0 Å². The highest BCUT2D eigenvalue weighted by molar-refractivity contribution is 6.13. The summed E-state index contributed by atoms with van der Waals surface area (Å²) in [6, 6.07) is 1.84. The zero-order valence-electron chi connectivity index (χ0n) is 6.73. The summed E-state index contributed by atoms with van der Waals surface area (Å²) in [4.78, 5) is 23.9. The maximum atomic E-state index is 13.0. The third kappa shape index (κ3) is 1.08. The lowest BCUT2D eigenvalue weighted by molar-refractivity contribution is -0.387. The summed E-state index contributed by atoms with van der Waals surface area (Å²) in [5, 5.41) is 10.3. The van der Waals surface area contributed by atoms with Gasteiger partial charge in [-0.25, -0.2) is 4.99 Å².